The molecular formula is C9H11BrINO. The Morgan fingerprint density at radius 2 is 2.23 bits per heavy atom. The maximum Gasteiger partial charge on any atom is 0.0449 e. The number of hydrogen-bond donors (Lipinski definition) is 2. The van der Waals surface area contributed by atoms with Crippen LogP contribution in [0.5, 0.6) is 0 Å². The van der Waals surface area contributed by atoms with E-state index in [0.29, 0.717) is 6.42 Å². The highest BCUT2D eigenvalue weighted by Gasteiger charge is 2.09. The zero-order valence-electron chi connectivity index (χ0n) is 7.00. The molecule has 3 N–H and O–H groups in total. The van der Waals surface area contributed by atoms with Gasteiger partial charge in [0.15, 0.2) is 0 Å². The topological polar surface area (TPSA) is 46.2 Å². The molecule has 0 unspecified atom stereocenters. The Morgan fingerprint density at radius 3 is 2.85 bits per heavy atom. The third-order valence-corrected chi connectivity index (χ3v) is 3.19. The highest BCUT2D eigenvalue weighted by molar-refractivity contribution is 14.1. The van der Waals surface area contributed by atoms with E-state index in [2.05, 4.69) is 38.5 Å². The van der Waals surface area contributed by atoms with Crippen LogP contribution in [-0.2, 0) is 0 Å². The Hall–Kier alpha value is 0.350. The molecule has 4 heteroatoms. The quantitative estimate of drug-likeness (QED) is 0.818. The zero-order chi connectivity index (χ0) is 9.84. The molecule has 0 spiro atoms. The van der Waals surface area contributed by atoms with Crippen LogP contribution in [0, 0.1) is 3.57 Å². The first-order valence-corrected chi connectivity index (χ1v) is 5.83. The van der Waals surface area contributed by atoms with Gasteiger partial charge in [-0.3, -0.25) is 0 Å². The molecule has 0 aliphatic rings. The summed E-state index contributed by atoms with van der Waals surface area (Å²) in [7, 11) is 0. The van der Waals surface area contributed by atoms with Gasteiger partial charge in [-0.2, -0.15) is 0 Å². The van der Waals surface area contributed by atoms with E-state index >= 15 is 0 Å². The largest absolute Gasteiger partial charge is 0.396 e. The van der Waals surface area contributed by atoms with E-state index in [-0.39, 0.29) is 12.6 Å². The summed E-state index contributed by atoms with van der Waals surface area (Å²) in [5, 5.41) is 8.76. The molecule has 0 saturated heterocycles. The molecule has 0 radical (unpaired) electrons. The summed E-state index contributed by atoms with van der Waals surface area (Å²) in [5.74, 6) is 0. The molecule has 0 aliphatic carbocycles. The van der Waals surface area contributed by atoms with Gasteiger partial charge in [-0.1, -0.05) is 15.9 Å². The molecular weight excluding hydrogens is 345 g/mol. The van der Waals surface area contributed by atoms with Crippen molar-refractivity contribution < 1.29 is 5.11 Å². The van der Waals surface area contributed by atoms with Crippen LogP contribution in [0.25, 0.3) is 0 Å². The lowest BCUT2D eigenvalue weighted by molar-refractivity contribution is 0.276. The van der Waals surface area contributed by atoms with Crippen molar-refractivity contribution in [3.63, 3.8) is 0 Å². The van der Waals surface area contributed by atoms with E-state index in [1.807, 2.05) is 18.2 Å². The second kappa shape index (κ2) is 5.29. The molecule has 0 bridgehead atoms. The first-order valence-electron chi connectivity index (χ1n) is 3.96. The molecule has 1 atom stereocenters. The fourth-order valence-electron chi connectivity index (χ4n) is 1.09. The number of aliphatic hydroxyl groups is 1. The number of nitrogens with two attached hydrogens (primary N) is 1. The van der Waals surface area contributed by atoms with Crippen LogP contribution >= 0.6 is 38.5 Å². The van der Waals surface area contributed by atoms with Crippen molar-refractivity contribution >= 4 is 38.5 Å². The predicted octanol–water partition coefficient (Wildman–Crippen LogP) is 2.44. The van der Waals surface area contributed by atoms with Gasteiger partial charge in [-0.25, -0.2) is 0 Å². The fourth-order valence-corrected chi connectivity index (χ4v) is 2.15. The average Bonchev–Trinajstić information content (AvgIpc) is 2.09. The second-order valence-corrected chi connectivity index (χ2v) is 4.88. The van der Waals surface area contributed by atoms with E-state index in [1.165, 1.54) is 0 Å². The van der Waals surface area contributed by atoms with Crippen molar-refractivity contribution in [1.29, 1.82) is 0 Å². The normalized spacial score (nSPS) is 12.9. The summed E-state index contributed by atoms with van der Waals surface area (Å²) in [4.78, 5) is 0. The third kappa shape index (κ3) is 3.19. The summed E-state index contributed by atoms with van der Waals surface area (Å²) in [5.41, 5.74) is 6.94. The van der Waals surface area contributed by atoms with Crippen molar-refractivity contribution in [3.8, 4) is 0 Å². The summed E-state index contributed by atoms with van der Waals surface area (Å²) < 4.78 is 2.16. The first kappa shape index (κ1) is 11.4. The lowest BCUT2D eigenvalue weighted by Gasteiger charge is -2.12. The van der Waals surface area contributed by atoms with Gasteiger partial charge in [0.25, 0.3) is 0 Å². The Bertz CT molecular complexity index is 293. The monoisotopic (exact) mass is 355 g/mol. The van der Waals surface area contributed by atoms with Gasteiger partial charge < -0.3 is 10.8 Å². The van der Waals surface area contributed by atoms with E-state index in [0.717, 1.165) is 13.6 Å². The second-order valence-electron chi connectivity index (χ2n) is 2.78. The Labute approximate surface area is 99.8 Å². The van der Waals surface area contributed by atoms with Gasteiger partial charge in [-0.15, -0.1) is 0 Å². The van der Waals surface area contributed by atoms with Gasteiger partial charge >= 0.3 is 0 Å². The summed E-state index contributed by atoms with van der Waals surface area (Å²) in [6, 6.07) is 5.94. The molecule has 1 aromatic rings. The van der Waals surface area contributed by atoms with Crippen molar-refractivity contribution in [3.05, 3.63) is 31.8 Å². The molecule has 0 aromatic heterocycles. The van der Waals surface area contributed by atoms with Gasteiger partial charge in [0.2, 0.25) is 0 Å². The van der Waals surface area contributed by atoms with Crippen LogP contribution in [0.4, 0.5) is 0 Å². The molecule has 0 amide bonds. The molecule has 2 nitrogen and oxygen atoms in total. The van der Waals surface area contributed by atoms with Crippen molar-refractivity contribution in [2.75, 3.05) is 6.61 Å². The van der Waals surface area contributed by atoms with E-state index in [1.54, 1.807) is 0 Å². The Kier molecular flexibility index (Phi) is 4.64. The average molecular weight is 356 g/mol. The molecule has 1 rings (SSSR count). The molecule has 0 fully saturated rings. The standard InChI is InChI=1S/C9H11BrINO/c10-8-2-1-6(11)5-7(8)9(12)3-4-13/h1-2,5,9,13H,3-4,12H2/t9-/m0/s1. The minimum atomic E-state index is -0.0888. The van der Waals surface area contributed by atoms with Gasteiger partial charge in [-0.05, 0) is 52.8 Å². The SMILES string of the molecule is N[C@@H](CCO)c1cc(I)ccc1Br. The first-order chi connectivity index (χ1) is 6.15. The van der Waals surface area contributed by atoms with Crippen molar-refractivity contribution in [2.45, 2.75) is 12.5 Å². The van der Waals surface area contributed by atoms with E-state index < -0.39 is 0 Å². The summed E-state index contributed by atoms with van der Waals surface area (Å²) in [6.45, 7) is 0.124. The highest BCUT2D eigenvalue weighted by Crippen LogP contribution is 2.25. The van der Waals surface area contributed by atoms with Crippen molar-refractivity contribution in [1.82, 2.24) is 0 Å². The predicted molar refractivity (Wildman–Crippen MR) is 65.5 cm³/mol. The molecule has 0 aliphatic heterocycles. The fraction of sp³-hybridized carbons (Fsp3) is 0.333. The molecule has 0 saturated carbocycles. The number of benzene rings is 1. The number of rotatable bonds is 3. The third-order valence-electron chi connectivity index (χ3n) is 1.80. The molecule has 1 aromatic carbocycles. The lowest BCUT2D eigenvalue weighted by atomic mass is 10.1. The number of hydrogen-bond acceptors (Lipinski definition) is 2. The van der Waals surface area contributed by atoms with Gasteiger partial charge in [0.1, 0.15) is 0 Å². The van der Waals surface area contributed by atoms with Crippen LogP contribution in [0.15, 0.2) is 22.7 Å². The van der Waals surface area contributed by atoms with Crippen LogP contribution in [0.3, 0.4) is 0 Å². The number of aliphatic hydroxyl groups excluding tert-OH is 1. The van der Waals surface area contributed by atoms with Crippen LogP contribution in [0.1, 0.15) is 18.0 Å². The molecule has 13 heavy (non-hydrogen) atoms. The van der Waals surface area contributed by atoms with E-state index in [9.17, 15) is 0 Å². The zero-order valence-corrected chi connectivity index (χ0v) is 10.7. The molecule has 72 valence electrons. The molecule has 0 heterocycles. The summed E-state index contributed by atoms with van der Waals surface area (Å²) in [6.07, 6.45) is 0.596. The minimum absolute atomic E-state index is 0.0888. The van der Waals surface area contributed by atoms with E-state index in [4.69, 9.17) is 10.8 Å². The van der Waals surface area contributed by atoms with Crippen LogP contribution in [-0.4, -0.2) is 11.7 Å². The maximum atomic E-state index is 8.76. The van der Waals surface area contributed by atoms with Crippen LogP contribution in [0.2, 0.25) is 0 Å². The maximum absolute atomic E-state index is 8.76. The van der Waals surface area contributed by atoms with Gasteiger partial charge in [0, 0.05) is 20.7 Å². The summed E-state index contributed by atoms with van der Waals surface area (Å²) >= 11 is 5.68. The lowest BCUT2D eigenvalue weighted by Crippen LogP contribution is -2.12. The minimum Gasteiger partial charge on any atom is -0.396 e. The number of halogens is 2. The Balaban J connectivity index is 2.91. The van der Waals surface area contributed by atoms with Crippen molar-refractivity contribution in [2.24, 2.45) is 5.73 Å². The van der Waals surface area contributed by atoms with Gasteiger partial charge in [0.05, 0.1) is 0 Å². The Morgan fingerprint density at radius 1 is 1.54 bits per heavy atom. The highest BCUT2D eigenvalue weighted by atomic mass is 127. The van der Waals surface area contributed by atoms with Crippen LogP contribution < -0.4 is 5.73 Å². The smallest absolute Gasteiger partial charge is 0.0449 e.